The van der Waals surface area contributed by atoms with Gasteiger partial charge in [-0.15, -0.1) is 0 Å². The van der Waals surface area contributed by atoms with Crippen molar-refractivity contribution in [3.8, 4) is 84.0 Å². The molecule has 0 N–H and O–H groups in total. The van der Waals surface area contributed by atoms with Crippen LogP contribution in [0.2, 0.25) is 0 Å². The zero-order valence-corrected chi connectivity index (χ0v) is 39.3. The van der Waals surface area contributed by atoms with Crippen LogP contribution in [-0.4, -0.2) is 0 Å². The topological polar surface area (TPSA) is 23.8 Å². The molecule has 332 valence electrons. The van der Waals surface area contributed by atoms with Crippen LogP contribution in [0.3, 0.4) is 0 Å². The maximum Gasteiger partial charge on any atom is 0.0991 e. The van der Waals surface area contributed by atoms with Crippen molar-refractivity contribution < 1.29 is 0 Å². The van der Waals surface area contributed by atoms with E-state index in [0.717, 1.165) is 16.7 Å². The van der Waals surface area contributed by atoms with Gasteiger partial charge in [-0.1, -0.05) is 218 Å². The molecular formula is C71H43N. The van der Waals surface area contributed by atoms with Gasteiger partial charge in [0.05, 0.1) is 11.6 Å². The SMILES string of the molecule is N#Cc1ccc(-c2cc(-c3ccc(-c4ccc5ccccc5c4)cc3)c3ccc4c(-c5ccc(-c6ccc7ccccc7c6)cc5)cc(-c5ccc(-c6ccc7ccccc7c6)cc5)c5ccc2c3c54)cc1. The number of hydrogen-bond donors (Lipinski definition) is 0. The quantitative estimate of drug-likeness (QED) is 0.146. The number of nitriles is 1. The van der Waals surface area contributed by atoms with E-state index in [0.29, 0.717) is 5.56 Å². The van der Waals surface area contributed by atoms with Crippen LogP contribution in [0.5, 0.6) is 0 Å². The van der Waals surface area contributed by atoms with Gasteiger partial charge in [0, 0.05) is 0 Å². The summed E-state index contributed by atoms with van der Waals surface area (Å²) in [7, 11) is 0. The van der Waals surface area contributed by atoms with Crippen molar-refractivity contribution in [1.29, 1.82) is 5.26 Å². The Labute approximate surface area is 418 Å². The molecule has 0 saturated carbocycles. The van der Waals surface area contributed by atoms with Gasteiger partial charge in [0.2, 0.25) is 0 Å². The Morgan fingerprint density at radius 1 is 0.208 bits per heavy atom. The van der Waals surface area contributed by atoms with Gasteiger partial charge in [0.1, 0.15) is 0 Å². The molecule has 0 aliphatic carbocycles. The first-order valence-corrected chi connectivity index (χ1v) is 24.7. The fourth-order valence-electron chi connectivity index (χ4n) is 11.3. The zero-order chi connectivity index (χ0) is 47.7. The second-order valence-corrected chi connectivity index (χ2v) is 19.1. The lowest BCUT2D eigenvalue weighted by atomic mass is 9.81. The predicted octanol–water partition coefficient (Wildman–Crippen LogP) is 19.6. The van der Waals surface area contributed by atoms with E-state index < -0.39 is 0 Å². The maximum atomic E-state index is 9.82. The highest BCUT2D eigenvalue weighted by Gasteiger charge is 2.22. The summed E-state index contributed by atoms with van der Waals surface area (Å²) < 4.78 is 0. The zero-order valence-electron chi connectivity index (χ0n) is 39.3. The highest BCUT2D eigenvalue weighted by atomic mass is 14.3. The van der Waals surface area contributed by atoms with Crippen molar-refractivity contribution >= 4 is 64.6 Å². The third kappa shape index (κ3) is 7.00. The lowest BCUT2D eigenvalue weighted by Crippen LogP contribution is -1.94. The molecule has 0 saturated heterocycles. The van der Waals surface area contributed by atoms with E-state index >= 15 is 0 Å². The number of fused-ring (bicyclic) bond motifs is 3. The van der Waals surface area contributed by atoms with Gasteiger partial charge < -0.3 is 0 Å². The second kappa shape index (κ2) is 16.8. The molecular weight excluding hydrogens is 867 g/mol. The van der Waals surface area contributed by atoms with E-state index in [4.69, 9.17) is 0 Å². The second-order valence-electron chi connectivity index (χ2n) is 19.1. The molecule has 72 heavy (non-hydrogen) atoms. The van der Waals surface area contributed by atoms with Gasteiger partial charge >= 0.3 is 0 Å². The largest absolute Gasteiger partial charge is 0.192 e. The van der Waals surface area contributed by atoms with Crippen molar-refractivity contribution in [3.05, 3.63) is 266 Å². The third-order valence-electron chi connectivity index (χ3n) is 15.1. The van der Waals surface area contributed by atoms with Crippen molar-refractivity contribution in [1.82, 2.24) is 0 Å². The van der Waals surface area contributed by atoms with E-state index in [1.165, 1.54) is 126 Å². The molecule has 14 aromatic carbocycles. The highest BCUT2D eigenvalue weighted by molar-refractivity contribution is 6.32. The Balaban J connectivity index is 0.983. The monoisotopic (exact) mass is 909 g/mol. The summed E-state index contributed by atoms with van der Waals surface area (Å²) in [5.41, 5.74) is 17.1. The number of nitrogens with zero attached hydrogens (tertiary/aromatic N) is 1. The lowest BCUT2D eigenvalue weighted by Gasteiger charge is -2.22. The fourth-order valence-corrected chi connectivity index (χ4v) is 11.3. The molecule has 0 heterocycles. The molecule has 0 amide bonds. The molecule has 0 fully saturated rings. The first-order chi connectivity index (χ1) is 35.6. The Kier molecular flexibility index (Phi) is 9.66. The Hall–Kier alpha value is -9.61. The van der Waals surface area contributed by atoms with Crippen LogP contribution in [0, 0.1) is 11.3 Å². The molecule has 0 atom stereocenters. The van der Waals surface area contributed by atoms with Gasteiger partial charge in [-0.05, 0) is 185 Å². The summed E-state index contributed by atoms with van der Waals surface area (Å²) in [5, 5.41) is 24.6. The van der Waals surface area contributed by atoms with Gasteiger partial charge in [-0.2, -0.15) is 5.26 Å². The van der Waals surface area contributed by atoms with Crippen LogP contribution in [0.1, 0.15) is 5.56 Å². The summed E-state index contributed by atoms with van der Waals surface area (Å²) >= 11 is 0. The molecule has 0 aromatic heterocycles. The van der Waals surface area contributed by atoms with Gasteiger partial charge in [-0.25, -0.2) is 0 Å². The molecule has 14 aromatic rings. The summed E-state index contributed by atoms with van der Waals surface area (Å²) in [4.78, 5) is 0. The van der Waals surface area contributed by atoms with Crippen LogP contribution in [-0.2, 0) is 0 Å². The minimum Gasteiger partial charge on any atom is -0.192 e. The van der Waals surface area contributed by atoms with Crippen molar-refractivity contribution in [3.63, 3.8) is 0 Å². The molecule has 0 radical (unpaired) electrons. The summed E-state index contributed by atoms with van der Waals surface area (Å²) in [6.07, 6.45) is 0. The number of hydrogen-bond acceptors (Lipinski definition) is 1. The predicted molar refractivity (Wildman–Crippen MR) is 305 cm³/mol. The van der Waals surface area contributed by atoms with Crippen LogP contribution >= 0.6 is 0 Å². The van der Waals surface area contributed by atoms with Crippen LogP contribution in [0.4, 0.5) is 0 Å². The van der Waals surface area contributed by atoms with E-state index in [9.17, 15) is 5.26 Å². The van der Waals surface area contributed by atoms with E-state index in [2.05, 4.69) is 255 Å². The van der Waals surface area contributed by atoms with Crippen LogP contribution in [0.15, 0.2) is 261 Å². The Morgan fingerprint density at radius 2 is 0.458 bits per heavy atom. The normalized spacial score (nSPS) is 11.6. The van der Waals surface area contributed by atoms with E-state index in [1.54, 1.807) is 0 Å². The average Bonchev–Trinajstić information content (AvgIpc) is 3.46. The summed E-state index contributed by atoms with van der Waals surface area (Å²) in [6, 6.07) is 97.8. The summed E-state index contributed by atoms with van der Waals surface area (Å²) in [5.74, 6) is 0. The van der Waals surface area contributed by atoms with E-state index in [1.807, 2.05) is 12.1 Å². The van der Waals surface area contributed by atoms with Gasteiger partial charge in [0.15, 0.2) is 0 Å². The minimum atomic E-state index is 0.647. The Bertz CT molecular complexity index is 4320. The van der Waals surface area contributed by atoms with E-state index in [-0.39, 0.29) is 0 Å². The fraction of sp³-hybridized carbons (Fsp3) is 0. The van der Waals surface area contributed by atoms with Crippen LogP contribution < -0.4 is 0 Å². The van der Waals surface area contributed by atoms with Crippen molar-refractivity contribution in [2.24, 2.45) is 0 Å². The third-order valence-corrected chi connectivity index (χ3v) is 15.1. The molecule has 14 rings (SSSR count). The molecule has 0 aliphatic rings. The lowest BCUT2D eigenvalue weighted by molar-refractivity contribution is 1.48. The number of benzene rings is 14. The minimum absolute atomic E-state index is 0.647. The van der Waals surface area contributed by atoms with Crippen molar-refractivity contribution in [2.45, 2.75) is 0 Å². The molecule has 1 heteroatoms. The molecule has 1 nitrogen and oxygen atoms in total. The molecule has 0 aliphatic heterocycles. The average molecular weight is 910 g/mol. The van der Waals surface area contributed by atoms with Crippen LogP contribution in [0.25, 0.3) is 143 Å². The number of rotatable bonds is 7. The first-order valence-electron chi connectivity index (χ1n) is 24.7. The summed E-state index contributed by atoms with van der Waals surface area (Å²) in [6.45, 7) is 0. The molecule has 0 unspecified atom stereocenters. The highest BCUT2D eigenvalue weighted by Crippen LogP contribution is 2.49. The standard InChI is InChI=1S/C71H43N/c72-44-45-13-15-52(16-14-45)66-42-67(53-26-17-49(18-27-53)59-32-23-46-7-1-4-10-56(46)39-59)63-37-38-65-69(55-30-21-51(22-31-55)61-34-25-48-9-3-6-12-58(48)41-61)43-68(64-36-35-62(66)70(63)71(64)65)54-28-19-50(20-29-54)60-33-24-47-8-2-5-11-57(47)40-60/h1-43H. The maximum absolute atomic E-state index is 9.82. The van der Waals surface area contributed by atoms with Gasteiger partial charge in [-0.3, -0.25) is 0 Å². The van der Waals surface area contributed by atoms with Crippen molar-refractivity contribution in [2.75, 3.05) is 0 Å². The molecule has 0 bridgehead atoms. The first kappa shape index (κ1) is 41.4. The van der Waals surface area contributed by atoms with Gasteiger partial charge in [0.25, 0.3) is 0 Å². The Morgan fingerprint density at radius 3 is 0.750 bits per heavy atom. The smallest absolute Gasteiger partial charge is 0.0991 e. The molecule has 0 spiro atoms.